The van der Waals surface area contributed by atoms with Crippen LogP contribution in [0.2, 0.25) is 5.02 Å². The Labute approximate surface area is 117 Å². The lowest BCUT2D eigenvalue weighted by molar-refractivity contribution is 0.0125. The number of halogens is 1. The molecule has 1 aromatic rings. The first-order valence-electron chi connectivity index (χ1n) is 6.25. The Bertz CT molecular complexity index is 449. The molecule has 1 aliphatic heterocycles. The number of amides is 1. The van der Waals surface area contributed by atoms with Crippen LogP contribution in [0.3, 0.4) is 0 Å². The zero-order valence-electron chi connectivity index (χ0n) is 10.8. The normalized spacial score (nSPS) is 16.1. The van der Waals surface area contributed by atoms with Crippen LogP contribution in [0.1, 0.15) is 17.4 Å². The Morgan fingerprint density at radius 3 is 2.89 bits per heavy atom. The molecular formula is C12H17ClN4O2. The van der Waals surface area contributed by atoms with Gasteiger partial charge in [-0.05, 0) is 19.1 Å². The van der Waals surface area contributed by atoms with E-state index in [1.54, 1.807) is 12.1 Å². The summed E-state index contributed by atoms with van der Waals surface area (Å²) in [7, 11) is 0. The highest BCUT2D eigenvalue weighted by atomic mass is 35.5. The van der Waals surface area contributed by atoms with Crippen LogP contribution in [-0.2, 0) is 4.74 Å². The van der Waals surface area contributed by atoms with Gasteiger partial charge in [-0.2, -0.15) is 0 Å². The number of nitrogens with zero attached hydrogens (tertiary/aromatic N) is 2. The summed E-state index contributed by atoms with van der Waals surface area (Å²) in [4.78, 5) is 16.3. The number of hydrazine groups is 1. The van der Waals surface area contributed by atoms with Crippen molar-refractivity contribution < 1.29 is 9.53 Å². The number of anilines is 1. The van der Waals surface area contributed by atoms with Gasteiger partial charge in [0.05, 0.1) is 18.2 Å². The molecule has 6 nitrogen and oxygen atoms in total. The zero-order chi connectivity index (χ0) is 13.7. The van der Waals surface area contributed by atoms with E-state index in [4.69, 9.17) is 16.3 Å². The van der Waals surface area contributed by atoms with Gasteiger partial charge in [0.2, 0.25) is 0 Å². The van der Waals surface area contributed by atoms with E-state index in [0.29, 0.717) is 37.1 Å². The third-order valence-corrected chi connectivity index (χ3v) is 2.99. The molecule has 0 bridgehead atoms. The molecule has 2 heterocycles. The molecule has 0 saturated carbocycles. The number of carbonyl (C=O) groups is 1. The van der Waals surface area contributed by atoms with Crippen molar-refractivity contribution in [3.05, 3.63) is 22.8 Å². The largest absolute Gasteiger partial charge is 0.379 e. The van der Waals surface area contributed by atoms with Crippen molar-refractivity contribution in [1.82, 2.24) is 15.4 Å². The fourth-order valence-corrected chi connectivity index (χ4v) is 1.94. The second kappa shape index (κ2) is 6.70. The molecule has 0 unspecified atom stereocenters. The average molecular weight is 285 g/mol. The number of pyridine rings is 1. The van der Waals surface area contributed by atoms with Gasteiger partial charge in [0, 0.05) is 19.6 Å². The van der Waals surface area contributed by atoms with Crippen LogP contribution in [0.15, 0.2) is 12.1 Å². The van der Waals surface area contributed by atoms with Gasteiger partial charge in [0.25, 0.3) is 5.91 Å². The van der Waals surface area contributed by atoms with Crippen molar-refractivity contribution in [3.63, 3.8) is 0 Å². The monoisotopic (exact) mass is 284 g/mol. The van der Waals surface area contributed by atoms with Crippen LogP contribution >= 0.6 is 11.6 Å². The lowest BCUT2D eigenvalue weighted by atomic mass is 10.3. The number of nitrogens with one attached hydrogen (secondary N) is 2. The summed E-state index contributed by atoms with van der Waals surface area (Å²) in [5, 5.41) is 5.20. The number of aromatic nitrogens is 1. The van der Waals surface area contributed by atoms with Gasteiger partial charge >= 0.3 is 0 Å². The van der Waals surface area contributed by atoms with Gasteiger partial charge in [0.15, 0.2) is 5.69 Å². The highest BCUT2D eigenvalue weighted by molar-refractivity contribution is 6.33. The van der Waals surface area contributed by atoms with E-state index in [9.17, 15) is 4.79 Å². The Morgan fingerprint density at radius 2 is 2.21 bits per heavy atom. The first-order valence-corrected chi connectivity index (χ1v) is 6.62. The molecule has 104 valence electrons. The summed E-state index contributed by atoms with van der Waals surface area (Å²) < 4.78 is 5.22. The van der Waals surface area contributed by atoms with E-state index in [-0.39, 0.29) is 11.6 Å². The van der Waals surface area contributed by atoms with Gasteiger partial charge in [-0.1, -0.05) is 11.6 Å². The standard InChI is InChI=1S/C12H17ClN4O2/c1-2-14-10-4-3-9(13)11(15-10)12(18)16-17-5-7-19-8-6-17/h3-4H,2,5-8H2,1H3,(H,14,15)(H,16,18). The number of rotatable bonds is 4. The number of morpholine rings is 1. The van der Waals surface area contributed by atoms with E-state index >= 15 is 0 Å². The third kappa shape index (κ3) is 3.79. The van der Waals surface area contributed by atoms with Crippen LogP contribution in [-0.4, -0.2) is 48.7 Å². The summed E-state index contributed by atoms with van der Waals surface area (Å²) in [6.45, 7) is 5.24. The summed E-state index contributed by atoms with van der Waals surface area (Å²) in [6.07, 6.45) is 0. The molecule has 1 saturated heterocycles. The molecule has 1 fully saturated rings. The average Bonchev–Trinajstić information content (AvgIpc) is 2.42. The van der Waals surface area contributed by atoms with Gasteiger partial charge in [-0.15, -0.1) is 0 Å². The third-order valence-electron chi connectivity index (χ3n) is 2.69. The highest BCUT2D eigenvalue weighted by Gasteiger charge is 2.18. The first kappa shape index (κ1) is 14.0. The Morgan fingerprint density at radius 1 is 1.47 bits per heavy atom. The highest BCUT2D eigenvalue weighted by Crippen LogP contribution is 2.16. The predicted octanol–water partition coefficient (Wildman–Crippen LogP) is 1.14. The SMILES string of the molecule is CCNc1ccc(Cl)c(C(=O)NN2CCOCC2)n1. The number of ether oxygens (including phenoxy) is 1. The molecule has 0 atom stereocenters. The maximum atomic E-state index is 12.1. The predicted molar refractivity (Wildman–Crippen MR) is 73.3 cm³/mol. The maximum absolute atomic E-state index is 12.1. The van der Waals surface area contributed by atoms with Crippen molar-refractivity contribution in [2.24, 2.45) is 0 Å². The van der Waals surface area contributed by atoms with Crippen molar-refractivity contribution in [2.45, 2.75) is 6.92 Å². The van der Waals surface area contributed by atoms with E-state index in [1.807, 2.05) is 11.9 Å². The first-order chi connectivity index (χ1) is 9.20. The van der Waals surface area contributed by atoms with Crippen LogP contribution in [0, 0.1) is 0 Å². The second-order valence-electron chi connectivity index (χ2n) is 4.10. The minimum atomic E-state index is -0.299. The number of hydrogen-bond acceptors (Lipinski definition) is 5. The topological polar surface area (TPSA) is 66.5 Å². The molecule has 19 heavy (non-hydrogen) atoms. The summed E-state index contributed by atoms with van der Waals surface area (Å²) in [5.74, 6) is 0.339. The second-order valence-corrected chi connectivity index (χ2v) is 4.50. The van der Waals surface area contributed by atoms with Gasteiger partial charge in [-0.25, -0.2) is 9.99 Å². The molecule has 0 spiro atoms. The fraction of sp³-hybridized carbons (Fsp3) is 0.500. The Hall–Kier alpha value is -1.37. The molecule has 0 aromatic carbocycles. The summed E-state index contributed by atoms with van der Waals surface area (Å²) >= 11 is 6.01. The Kier molecular flexibility index (Phi) is 4.95. The minimum Gasteiger partial charge on any atom is -0.379 e. The van der Waals surface area contributed by atoms with Crippen LogP contribution < -0.4 is 10.7 Å². The molecule has 2 N–H and O–H groups in total. The molecule has 1 aliphatic rings. The van der Waals surface area contributed by atoms with Crippen molar-refractivity contribution in [1.29, 1.82) is 0 Å². The van der Waals surface area contributed by atoms with Crippen molar-refractivity contribution in [2.75, 3.05) is 38.2 Å². The number of carbonyl (C=O) groups excluding carboxylic acids is 1. The zero-order valence-corrected chi connectivity index (χ0v) is 11.5. The molecule has 1 aromatic heterocycles. The number of hydrogen-bond donors (Lipinski definition) is 2. The molecular weight excluding hydrogens is 268 g/mol. The lowest BCUT2D eigenvalue weighted by Crippen LogP contribution is -2.48. The van der Waals surface area contributed by atoms with Crippen molar-refractivity contribution >= 4 is 23.3 Å². The smallest absolute Gasteiger partial charge is 0.285 e. The van der Waals surface area contributed by atoms with Crippen LogP contribution in [0.25, 0.3) is 0 Å². The minimum absolute atomic E-state index is 0.228. The van der Waals surface area contributed by atoms with E-state index in [1.165, 1.54) is 0 Å². The van der Waals surface area contributed by atoms with E-state index in [2.05, 4.69) is 15.7 Å². The van der Waals surface area contributed by atoms with E-state index in [0.717, 1.165) is 6.54 Å². The molecule has 1 amide bonds. The van der Waals surface area contributed by atoms with Gasteiger partial charge in [0.1, 0.15) is 5.82 Å². The van der Waals surface area contributed by atoms with Gasteiger partial charge in [-0.3, -0.25) is 10.2 Å². The fourth-order valence-electron chi connectivity index (χ4n) is 1.75. The lowest BCUT2D eigenvalue weighted by Gasteiger charge is -2.26. The quantitative estimate of drug-likeness (QED) is 0.868. The van der Waals surface area contributed by atoms with Crippen LogP contribution in [0.4, 0.5) is 5.82 Å². The molecule has 2 rings (SSSR count). The van der Waals surface area contributed by atoms with Crippen molar-refractivity contribution in [3.8, 4) is 0 Å². The molecule has 0 aliphatic carbocycles. The van der Waals surface area contributed by atoms with Gasteiger partial charge < -0.3 is 10.1 Å². The molecule has 7 heteroatoms. The van der Waals surface area contributed by atoms with Crippen LogP contribution in [0.5, 0.6) is 0 Å². The summed E-state index contributed by atoms with van der Waals surface area (Å²) in [5.41, 5.74) is 3.01. The van der Waals surface area contributed by atoms with E-state index < -0.39 is 0 Å². The summed E-state index contributed by atoms with van der Waals surface area (Å²) in [6, 6.07) is 3.41. The Balaban J connectivity index is 2.06. The molecule has 0 radical (unpaired) electrons. The maximum Gasteiger partial charge on any atom is 0.285 e.